The molecule has 0 unspecified atom stereocenters. The fourth-order valence-corrected chi connectivity index (χ4v) is 1.82. The Bertz CT molecular complexity index is 407. The van der Waals surface area contributed by atoms with Crippen molar-refractivity contribution in [3.8, 4) is 0 Å². The summed E-state index contributed by atoms with van der Waals surface area (Å²) in [6.07, 6.45) is 0.542. The number of rotatable bonds is 6. The highest BCUT2D eigenvalue weighted by Gasteiger charge is 2.15. The van der Waals surface area contributed by atoms with E-state index in [4.69, 9.17) is 4.74 Å². The van der Waals surface area contributed by atoms with E-state index in [-0.39, 0.29) is 11.3 Å². The maximum absolute atomic E-state index is 11.8. The van der Waals surface area contributed by atoms with Crippen LogP contribution in [0.15, 0.2) is 24.3 Å². The van der Waals surface area contributed by atoms with Gasteiger partial charge in [-0.2, -0.15) is 0 Å². The summed E-state index contributed by atoms with van der Waals surface area (Å²) in [4.78, 5) is 11.8. The standard InChI is InChI=1S/C16H25NO2/c1-5-19-12-14-9-7-6-8-13(14)11-17-15(18)10-16(2,3)4/h6-9H,5,10-12H2,1-4H3,(H,17,18). The van der Waals surface area contributed by atoms with Crippen LogP contribution in [0.2, 0.25) is 0 Å². The highest BCUT2D eigenvalue weighted by molar-refractivity contribution is 5.76. The number of carbonyl (C=O) groups is 1. The minimum Gasteiger partial charge on any atom is -0.377 e. The fourth-order valence-electron chi connectivity index (χ4n) is 1.82. The van der Waals surface area contributed by atoms with Gasteiger partial charge in [0.1, 0.15) is 0 Å². The Balaban J connectivity index is 2.55. The highest BCUT2D eigenvalue weighted by Crippen LogP contribution is 2.18. The van der Waals surface area contributed by atoms with Gasteiger partial charge in [-0.25, -0.2) is 0 Å². The van der Waals surface area contributed by atoms with Crippen molar-refractivity contribution < 1.29 is 9.53 Å². The van der Waals surface area contributed by atoms with E-state index in [1.54, 1.807) is 0 Å². The van der Waals surface area contributed by atoms with Crippen LogP contribution < -0.4 is 5.32 Å². The third-order valence-corrected chi connectivity index (χ3v) is 2.75. The normalized spacial score (nSPS) is 11.4. The van der Waals surface area contributed by atoms with Crippen LogP contribution in [0.25, 0.3) is 0 Å². The van der Waals surface area contributed by atoms with Crippen LogP contribution in [0.3, 0.4) is 0 Å². The van der Waals surface area contributed by atoms with E-state index >= 15 is 0 Å². The first-order chi connectivity index (χ1) is 8.92. The van der Waals surface area contributed by atoms with Gasteiger partial charge < -0.3 is 10.1 Å². The molecule has 3 nitrogen and oxygen atoms in total. The van der Waals surface area contributed by atoms with E-state index in [1.165, 1.54) is 0 Å². The molecular formula is C16H25NO2. The summed E-state index contributed by atoms with van der Waals surface area (Å²) < 4.78 is 5.43. The molecule has 0 spiro atoms. The van der Waals surface area contributed by atoms with Gasteiger partial charge in [0.25, 0.3) is 0 Å². The van der Waals surface area contributed by atoms with E-state index in [2.05, 4.69) is 26.1 Å². The quantitative estimate of drug-likeness (QED) is 0.855. The van der Waals surface area contributed by atoms with Crippen LogP contribution >= 0.6 is 0 Å². The summed E-state index contributed by atoms with van der Waals surface area (Å²) in [5, 5.41) is 2.98. The summed E-state index contributed by atoms with van der Waals surface area (Å²) in [6.45, 7) is 10.0. The third-order valence-electron chi connectivity index (χ3n) is 2.75. The predicted molar refractivity (Wildman–Crippen MR) is 77.7 cm³/mol. The van der Waals surface area contributed by atoms with Gasteiger partial charge in [-0.15, -0.1) is 0 Å². The lowest BCUT2D eigenvalue weighted by atomic mass is 9.92. The Kier molecular flexibility index (Phi) is 6.03. The second kappa shape index (κ2) is 7.29. The monoisotopic (exact) mass is 263 g/mol. The van der Waals surface area contributed by atoms with E-state index < -0.39 is 0 Å². The molecule has 1 N–H and O–H groups in total. The lowest BCUT2D eigenvalue weighted by Crippen LogP contribution is -2.27. The average molecular weight is 263 g/mol. The molecule has 0 saturated carbocycles. The molecule has 0 fully saturated rings. The molecular weight excluding hydrogens is 238 g/mol. The van der Waals surface area contributed by atoms with Crippen molar-refractivity contribution in [3.63, 3.8) is 0 Å². The van der Waals surface area contributed by atoms with Crippen LogP contribution in [0, 0.1) is 5.41 Å². The molecule has 106 valence electrons. The Hall–Kier alpha value is -1.35. The number of carbonyl (C=O) groups excluding carboxylic acids is 1. The molecule has 0 aliphatic carbocycles. The van der Waals surface area contributed by atoms with Crippen molar-refractivity contribution in [2.75, 3.05) is 6.61 Å². The fraction of sp³-hybridized carbons (Fsp3) is 0.562. The van der Waals surface area contributed by atoms with Crippen molar-refractivity contribution in [2.24, 2.45) is 5.41 Å². The molecule has 0 aromatic heterocycles. The molecule has 0 atom stereocenters. The van der Waals surface area contributed by atoms with E-state index in [0.717, 1.165) is 11.1 Å². The van der Waals surface area contributed by atoms with Crippen LogP contribution in [-0.2, 0) is 22.7 Å². The minimum absolute atomic E-state index is 0.0227. The third kappa shape index (κ3) is 6.39. The first-order valence-corrected chi connectivity index (χ1v) is 6.83. The van der Waals surface area contributed by atoms with Gasteiger partial charge in [-0.05, 0) is 23.5 Å². The summed E-state index contributed by atoms with van der Waals surface area (Å²) in [5.74, 6) is 0.0960. The molecule has 0 aliphatic heterocycles. The lowest BCUT2D eigenvalue weighted by Gasteiger charge is -2.18. The number of nitrogens with one attached hydrogen (secondary N) is 1. The second-order valence-electron chi connectivity index (χ2n) is 5.92. The van der Waals surface area contributed by atoms with Gasteiger partial charge in [-0.1, -0.05) is 45.0 Å². The topological polar surface area (TPSA) is 38.3 Å². The second-order valence-corrected chi connectivity index (χ2v) is 5.92. The Morgan fingerprint density at radius 1 is 1.21 bits per heavy atom. The van der Waals surface area contributed by atoms with E-state index in [1.807, 2.05) is 31.2 Å². The minimum atomic E-state index is 0.0227. The lowest BCUT2D eigenvalue weighted by molar-refractivity contribution is -0.122. The van der Waals surface area contributed by atoms with Gasteiger partial charge in [0.05, 0.1) is 6.61 Å². The average Bonchev–Trinajstić information content (AvgIpc) is 2.32. The summed E-state index contributed by atoms with van der Waals surface area (Å²) in [7, 11) is 0. The SMILES string of the molecule is CCOCc1ccccc1CNC(=O)CC(C)(C)C. The van der Waals surface area contributed by atoms with Crippen molar-refractivity contribution in [3.05, 3.63) is 35.4 Å². The summed E-state index contributed by atoms with van der Waals surface area (Å²) in [6, 6.07) is 8.06. The first kappa shape index (κ1) is 15.7. The number of ether oxygens (including phenoxy) is 1. The van der Waals surface area contributed by atoms with Crippen LogP contribution in [0.1, 0.15) is 45.2 Å². The highest BCUT2D eigenvalue weighted by atomic mass is 16.5. The van der Waals surface area contributed by atoms with Crippen molar-refractivity contribution in [1.29, 1.82) is 0 Å². The predicted octanol–water partition coefficient (Wildman–Crippen LogP) is 3.28. The number of hydrogen-bond acceptors (Lipinski definition) is 2. The zero-order chi connectivity index (χ0) is 14.3. The van der Waals surface area contributed by atoms with Gasteiger partial charge >= 0.3 is 0 Å². The molecule has 0 bridgehead atoms. The van der Waals surface area contributed by atoms with Crippen molar-refractivity contribution in [1.82, 2.24) is 5.32 Å². The summed E-state index contributed by atoms with van der Waals surface area (Å²) in [5.41, 5.74) is 2.29. The molecule has 3 heteroatoms. The molecule has 0 aliphatic rings. The number of benzene rings is 1. The van der Waals surface area contributed by atoms with Crippen molar-refractivity contribution in [2.45, 2.75) is 47.3 Å². The van der Waals surface area contributed by atoms with Crippen LogP contribution in [0.4, 0.5) is 0 Å². The molecule has 0 radical (unpaired) electrons. The molecule has 1 aromatic carbocycles. The molecule has 0 heterocycles. The number of amides is 1. The number of hydrogen-bond donors (Lipinski definition) is 1. The van der Waals surface area contributed by atoms with Gasteiger partial charge in [-0.3, -0.25) is 4.79 Å². The Labute approximate surface area is 116 Å². The van der Waals surface area contributed by atoms with E-state index in [0.29, 0.717) is 26.2 Å². The largest absolute Gasteiger partial charge is 0.377 e. The van der Waals surface area contributed by atoms with Crippen LogP contribution in [-0.4, -0.2) is 12.5 Å². The Morgan fingerprint density at radius 2 is 1.84 bits per heavy atom. The first-order valence-electron chi connectivity index (χ1n) is 6.83. The van der Waals surface area contributed by atoms with Gasteiger partial charge in [0, 0.05) is 19.6 Å². The summed E-state index contributed by atoms with van der Waals surface area (Å²) >= 11 is 0. The molecule has 1 aromatic rings. The zero-order valence-corrected chi connectivity index (χ0v) is 12.5. The smallest absolute Gasteiger partial charge is 0.220 e. The van der Waals surface area contributed by atoms with E-state index in [9.17, 15) is 4.79 Å². The Morgan fingerprint density at radius 3 is 2.42 bits per heavy atom. The maximum atomic E-state index is 11.8. The van der Waals surface area contributed by atoms with Crippen molar-refractivity contribution >= 4 is 5.91 Å². The molecule has 19 heavy (non-hydrogen) atoms. The molecule has 0 saturated heterocycles. The van der Waals surface area contributed by atoms with Gasteiger partial charge in [0.15, 0.2) is 0 Å². The molecule has 1 rings (SSSR count). The maximum Gasteiger partial charge on any atom is 0.220 e. The van der Waals surface area contributed by atoms with Crippen LogP contribution in [0.5, 0.6) is 0 Å². The molecule has 1 amide bonds. The zero-order valence-electron chi connectivity index (χ0n) is 12.5. The van der Waals surface area contributed by atoms with Gasteiger partial charge in [0.2, 0.25) is 5.91 Å².